The molecule has 8 rings (SSSR count). The molecule has 0 radical (unpaired) electrons. The lowest BCUT2D eigenvalue weighted by molar-refractivity contribution is 0.583. The standard InChI is InChI=1S/C40H39NOSi/c1-40(2,3)34-25-27(43(4)23-10-5-11-24-43)20-22-31(34)36-32-15-8-9-18-35(32)41-37(36)33-17-12-16-29-30-21-19-26-13-6-7-14-28(26)38(30)42-39(29)33/h6-9,12-22,25,36H,5,10-11,23-24H2,1-4H3. The Balaban J connectivity index is 1.35. The smallest absolute Gasteiger partial charge is 0.144 e. The summed E-state index contributed by atoms with van der Waals surface area (Å²) in [5.74, 6) is 0.0517. The van der Waals surface area contributed by atoms with Gasteiger partial charge in [-0.1, -0.05) is 143 Å². The topological polar surface area (TPSA) is 25.5 Å². The predicted molar refractivity (Wildman–Crippen MR) is 186 cm³/mol. The van der Waals surface area contributed by atoms with E-state index in [4.69, 9.17) is 9.41 Å². The molecule has 1 atom stereocenters. The summed E-state index contributed by atoms with van der Waals surface area (Å²) in [7, 11) is -1.46. The molecular formula is C40H39NOSi. The largest absolute Gasteiger partial charge is 0.455 e. The number of furan rings is 1. The molecule has 0 amide bonds. The van der Waals surface area contributed by atoms with Crippen LogP contribution in [0.25, 0.3) is 32.7 Å². The van der Waals surface area contributed by atoms with E-state index < -0.39 is 8.07 Å². The molecular weight excluding hydrogens is 539 g/mol. The van der Waals surface area contributed by atoms with Crippen molar-refractivity contribution in [2.24, 2.45) is 4.99 Å². The molecule has 2 aliphatic heterocycles. The summed E-state index contributed by atoms with van der Waals surface area (Å²) < 4.78 is 6.83. The second-order valence-corrected chi connectivity index (χ2v) is 18.8. The molecule has 1 fully saturated rings. The van der Waals surface area contributed by atoms with Gasteiger partial charge in [0.1, 0.15) is 11.2 Å². The van der Waals surface area contributed by atoms with Gasteiger partial charge in [0, 0.05) is 21.7 Å². The van der Waals surface area contributed by atoms with Crippen molar-refractivity contribution >= 4 is 57.4 Å². The molecule has 6 aromatic rings. The Morgan fingerprint density at radius 1 is 0.698 bits per heavy atom. The highest BCUT2D eigenvalue weighted by molar-refractivity contribution is 6.91. The summed E-state index contributed by atoms with van der Waals surface area (Å²) in [6.07, 6.45) is 4.17. The summed E-state index contributed by atoms with van der Waals surface area (Å²) in [6, 6.07) is 38.6. The minimum absolute atomic E-state index is 0.0116. The van der Waals surface area contributed by atoms with E-state index in [1.54, 1.807) is 5.19 Å². The van der Waals surface area contributed by atoms with Gasteiger partial charge in [-0.2, -0.15) is 0 Å². The van der Waals surface area contributed by atoms with E-state index in [0.717, 1.165) is 44.3 Å². The fourth-order valence-corrected chi connectivity index (χ4v) is 11.8. The SMILES string of the molecule is CC(C)(C)c1cc([Si]2(C)CCCCC2)ccc1C1C(c2cccc3c2oc2c4ccccc4ccc32)=Nc2ccccc21. The van der Waals surface area contributed by atoms with Crippen molar-refractivity contribution in [1.82, 2.24) is 0 Å². The van der Waals surface area contributed by atoms with Crippen LogP contribution in [0.15, 0.2) is 106 Å². The van der Waals surface area contributed by atoms with Crippen LogP contribution in [0.3, 0.4) is 0 Å². The zero-order valence-corrected chi connectivity index (χ0v) is 26.7. The second kappa shape index (κ2) is 9.79. The third-order valence-electron chi connectivity index (χ3n) is 10.3. The van der Waals surface area contributed by atoms with Crippen LogP contribution < -0.4 is 5.19 Å². The predicted octanol–water partition coefficient (Wildman–Crippen LogP) is 10.8. The van der Waals surface area contributed by atoms with Crippen LogP contribution in [-0.2, 0) is 5.41 Å². The summed E-state index contributed by atoms with van der Waals surface area (Å²) in [5, 5.41) is 6.30. The summed E-state index contributed by atoms with van der Waals surface area (Å²) in [6.45, 7) is 9.76. The number of nitrogens with zero attached hydrogens (tertiary/aromatic N) is 1. The van der Waals surface area contributed by atoms with E-state index in [1.165, 1.54) is 53.4 Å². The summed E-state index contributed by atoms with van der Waals surface area (Å²) >= 11 is 0. The van der Waals surface area contributed by atoms with Gasteiger partial charge in [-0.25, -0.2) is 0 Å². The van der Waals surface area contributed by atoms with E-state index in [9.17, 15) is 0 Å². The number of fused-ring (bicyclic) bond motifs is 6. The van der Waals surface area contributed by atoms with E-state index >= 15 is 0 Å². The van der Waals surface area contributed by atoms with Gasteiger partial charge < -0.3 is 4.42 Å². The average molecular weight is 578 g/mol. The molecule has 3 heteroatoms. The summed E-state index contributed by atoms with van der Waals surface area (Å²) in [4.78, 5) is 5.38. The van der Waals surface area contributed by atoms with Crippen molar-refractivity contribution in [3.05, 3.63) is 119 Å². The van der Waals surface area contributed by atoms with Crippen LogP contribution in [0, 0.1) is 0 Å². The van der Waals surface area contributed by atoms with Gasteiger partial charge in [-0.3, -0.25) is 4.99 Å². The normalized spacial score (nSPS) is 18.3. The first-order valence-electron chi connectivity index (χ1n) is 16.0. The average Bonchev–Trinajstić information content (AvgIpc) is 3.60. The zero-order chi connectivity index (χ0) is 29.3. The maximum Gasteiger partial charge on any atom is 0.144 e. The molecule has 1 aromatic heterocycles. The van der Waals surface area contributed by atoms with Crippen molar-refractivity contribution in [3.63, 3.8) is 0 Å². The number of aliphatic imine (C=N–C) groups is 1. The third-order valence-corrected chi connectivity index (χ3v) is 14.9. The van der Waals surface area contributed by atoms with Crippen molar-refractivity contribution in [2.45, 2.75) is 70.0 Å². The molecule has 0 saturated carbocycles. The Bertz CT molecular complexity index is 2070. The van der Waals surface area contributed by atoms with E-state index in [2.05, 4.69) is 124 Å². The highest BCUT2D eigenvalue weighted by Crippen LogP contribution is 2.46. The van der Waals surface area contributed by atoms with Crippen molar-refractivity contribution in [3.8, 4) is 0 Å². The second-order valence-electron chi connectivity index (χ2n) is 14.1. The number of rotatable bonds is 3. The Labute approximate surface area is 255 Å². The van der Waals surface area contributed by atoms with Crippen LogP contribution in [-0.4, -0.2) is 13.8 Å². The van der Waals surface area contributed by atoms with Gasteiger partial charge in [0.2, 0.25) is 0 Å². The van der Waals surface area contributed by atoms with Gasteiger partial charge in [0.05, 0.1) is 25.4 Å². The van der Waals surface area contributed by atoms with E-state index in [0.29, 0.717) is 0 Å². The van der Waals surface area contributed by atoms with Crippen LogP contribution in [0.2, 0.25) is 18.6 Å². The number of hydrogen-bond donors (Lipinski definition) is 0. The lowest BCUT2D eigenvalue weighted by Gasteiger charge is -2.35. The molecule has 0 N–H and O–H groups in total. The zero-order valence-electron chi connectivity index (χ0n) is 25.7. The van der Waals surface area contributed by atoms with Crippen LogP contribution in [0.1, 0.15) is 68.2 Å². The molecule has 0 spiro atoms. The van der Waals surface area contributed by atoms with Gasteiger partial charge in [0.15, 0.2) is 0 Å². The van der Waals surface area contributed by atoms with E-state index in [-0.39, 0.29) is 11.3 Å². The molecule has 3 heterocycles. The number of para-hydroxylation sites is 2. The molecule has 214 valence electrons. The monoisotopic (exact) mass is 577 g/mol. The minimum Gasteiger partial charge on any atom is -0.455 e. The number of hydrogen-bond acceptors (Lipinski definition) is 2. The molecule has 0 bridgehead atoms. The van der Waals surface area contributed by atoms with Crippen LogP contribution >= 0.6 is 0 Å². The summed E-state index contributed by atoms with van der Waals surface area (Å²) in [5.41, 5.74) is 9.28. The van der Waals surface area contributed by atoms with Crippen LogP contribution in [0.4, 0.5) is 5.69 Å². The molecule has 5 aromatic carbocycles. The first kappa shape index (κ1) is 26.7. The number of benzene rings is 5. The molecule has 43 heavy (non-hydrogen) atoms. The Kier molecular flexibility index (Phi) is 6.07. The van der Waals surface area contributed by atoms with Crippen molar-refractivity contribution < 1.29 is 4.42 Å². The Morgan fingerprint density at radius 3 is 2.28 bits per heavy atom. The molecule has 1 unspecified atom stereocenters. The quantitative estimate of drug-likeness (QED) is 0.192. The fourth-order valence-electron chi connectivity index (χ4n) is 7.89. The molecule has 2 aliphatic rings. The van der Waals surface area contributed by atoms with Gasteiger partial charge in [-0.05, 0) is 45.7 Å². The first-order valence-corrected chi connectivity index (χ1v) is 18.9. The van der Waals surface area contributed by atoms with Gasteiger partial charge in [-0.15, -0.1) is 0 Å². The fraction of sp³-hybridized carbons (Fsp3) is 0.275. The maximum absolute atomic E-state index is 6.83. The highest BCUT2D eigenvalue weighted by atomic mass is 28.3. The first-order chi connectivity index (χ1) is 20.8. The lowest BCUT2D eigenvalue weighted by atomic mass is 9.76. The Morgan fingerprint density at radius 2 is 1.44 bits per heavy atom. The van der Waals surface area contributed by atoms with Gasteiger partial charge in [0.25, 0.3) is 0 Å². The van der Waals surface area contributed by atoms with Gasteiger partial charge >= 0.3 is 0 Å². The molecule has 1 saturated heterocycles. The molecule has 2 nitrogen and oxygen atoms in total. The maximum atomic E-state index is 6.83. The minimum atomic E-state index is -1.46. The van der Waals surface area contributed by atoms with Crippen LogP contribution in [0.5, 0.6) is 0 Å². The third kappa shape index (κ3) is 4.23. The Hall–Kier alpha value is -3.95. The van der Waals surface area contributed by atoms with Crippen molar-refractivity contribution in [2.75, 3.05) is 0 Å². The molecule has 0 aliphatic carbocycles. The van der Waals surface area contributed by atoms with E-state index in [1.807, 2.05) is 0 Å². The lowest BCUT2D eigenvalue weighted by Crippen LogP contribution is -2.46. The highest BCUT2D eigenvalue weighted by Gasteiger charge is 2.37. The van der Waals surface area contributed by atoms with Crippen molar-refractivity contribution in [1.29, 1.82) is 0 Å².